The van der Waals surface area contributed by atoms with E-state index in [-0.39, 0.29) is 17.5 Å². The van der Waals surface area contributed by atoms with Gasteiger partial charge in [0.15, 0.2) is 0 Å². The van der Waals surface area contributed by atoms with Crippen LogP contribution in [0, 0.1) is 10.1 Å². The Hall–Kier alpha value is -4.46. The molecule has 1 saturated heterocycles. The van der Waals surface area contributed by atoms with Gasteiger partial charge in [-0.2, -0.15) is 0 Å². The Balaban J connectivity index is 1.41. The van der Waals surface area contributed by atoms with Crippen LogP contribution in [0.4, 0.5) is 17.1 Å². The van der Waals surface area contributed by atoms with Gasteiger partial charge in [0.1, 0.15) is 0 Å². The zero-order valence-electron chi connectivity index (χ0n) is 19.7. The highest BCUT2D eigenvalue weighted by molar-refractivity contribution is 6.37. The lowest BCUT2D eigenvalue weighted by atomic mass is 9.99. The minimum atomic E-state index is -0.464. The summed E-state index contributed by atoms with van der Waals surface area (Å²) in [6.07, 6.45) is 3.40. The Labute approximate surface area is 208 Å². The minimum Gasteiger partial charge on any atom is -0.354 e. The Morgan fingerprint density at radius 3 is 2.50 bits per heavy atom. The summed E-state index contributed by atoms with van der Waals surface area (Å²) in [5, 5.41) is 17.6. The Morgan fingerprint density at radius 2 is 1.81 bits per heavy atom. The Bertz CT molecular complexity index is 1350. The number of nitrogens with zero attached hydrogens (tertiary/aromatic N) is 2. The molecule has 36 heavy (non-hydrogen) atoms. The van der Waals surface area contributed by atoms with Gasteiger partial charge in [-0.05, 0) is 48.6 Å². The second-order valence-corrected chi connectivity index (χ2v) is 8.97. The number of likely N-dealkylation sites (tertiary alicyclic amines) is 1. The molecule has 182 valence electrons. The summed E-state index contributed by atoms with van der Waals surface area (Å²) in [4.78, 5) is 37.6. The van der Waals surface area contributed by atoms with E-state index in [0.717, 1.165) is 43.6 Å². The number of rotatable bonds is 8. The molecule has 2 aliphatic heterocycles. The third kappa shape index (κ3) is 4.84. The van der Waals surface area contributed by atoms with E-state index < -0.39 is 4.92 Å². The first-order valence-electron chi connectivity index (χ1n) is 12.0. The molecule has 0 radical (unpaired) electrons. The third-order valence-electron chi connectivity index (χ3n) is 6.56. The van der Waals surface area contributed by atoms with E-state index in [9.17, 15) is 19.7 Å². The van der Waals surface area contributed by atoms with Crippen LogP contribution in [-0.2, 0) is 16.0 Å². The van der Waals surface area contributed by atoms with Crippen molar-refractivity contribution >= 4 is 40.1 Å². The molecule has 2 N–H and O–H groups in total. The summed E-state index contributed by atoms with van der Waals surface area (Å²) in [6.45, 7) is 1.64. The summed E-state index contributed by atoms with van der Waals surface area (Å²) in [6, 6.07) is 21.8. The van der Waals surface area contributed by atoms with Gasteiger partial charge in [0.05, 0.1) is 16.2 Å². The van der Waals surface area contributed by atoms with Crippen LogP contribution < -0.4 is 10.6 Å². The third-order valence-corrected chi connectivity index (χ3v) is 6.56. The van der Waals surface area contributed by atoms with Crippen molar-refractivity contribution < 1.29 is 14.5 Å². The van der Waals surface area contributed by atoms with Crippen LogP contribution in [0.2, 0.25) is 0 Å². The van der Waals surface area contributed by atoms with Crippen molar-refractivity contribution in [2.75, 3.05) is 23.7 Å². The number of fused-ring (bicyclic) bond motifs is 1. The van der Waals surface area contributed by atoms with E-state index in [0.29, 0.717) is 28.9 Å². The SMILES string of the molecule is O=C1Nc2ccc([N+](=O)[O-])cc2C1=C(Nc1ccc(CCCN2CCCC2=O)cc1)c1ccccc1. The van der Waals surface area contributed by atoms with E-state index in [1.54, 1.807) is 6.07 Å². The number of benzene rings is 3. The second kappa shape index (κ2) is 10.0. The number of carbonyl (C=O) groups excluding carboxylic acids is 2. The largest absolute Gasteiger partial charge is 0.354 e. The predicted molar refractivity (Wildman–Crippen MR) is 139 cm³/mol. The highest BCUT2D eigenvalue weighted by Crippen LogP contribution is 2.39. The summed E-state index contributed by atoms with van der Waals surface area (Å²) in [5.74, 6) is -0.0659. The van der Waals surface area contributed by atoms with Gasteiger partial charge in [-0.1, -0.05) is 42.5 Å². The predicted octanol–water partition coefficient (Wildman–Crippen LogP) is 5.08. The standard InChI is InChI=1S/C28H26N4O4/c33-25-9-5-17-31(25)16-4-6-19-10-12-21(13-11-19)29-27(20-7-2-1-3-8-20)26-23-18-22(32(35)36)14-15-24(23)30-28(26)34/h1-3,7-8,10-15,18,29H,4-6,9,16-17H2,(H,30,34). The van der Waals surface area contributed by atoms with Gasteiger partial charge in [-0.15, -0.1) is 0 Å². The molecule has 3 aromatic rings. The zero-order valence-corrected chi connectivity index (χ0v) is 19.7. The van der Waals surface area contributed by atoms with Crippen LogP contribution in [-0.4, -0.2) is 34.7 Å². The molecule has 2 heterocycles. The van der Waals surface area contributed by atoms with Gasteiger partial charge in [-0.25, -0.2) is 0 Å². The Morgan fingerprint density at radius 1 is 1.03 bits per heavy atom. The van der Waals surface area contributed by atoms with Gasteiger partial charge >= 0.3 is 0 Å². The fraction of sp³-hybridized carbons (Fsp3) is 0.214. The number of non-ortho nitro benzene ring substituents is 1. The number of nitro groups is 1. The van der Waals surface area contributed by atoms with E-state index in [2.05, 4.69) is 10.6 Å². The van der Waals surface area contributed by atoms with Crippen LogP contribution in [0.25, 0.3) is 11.3 Å². The lowest BCUT2D eigenvalue weighted by Crippen LogP contribution is -2.25. The fourth-order valence-electron chi connectivity index (χ4n) is 4.71. The van der Waals surface area contributed by atoms with Crippen molar-refractivity contribution in [3.63, 3.8) is 0 Å². The number of anilines is 2. The van der Waals surface area contributed by atoms with Gasteiger partial charge in [0.2, 0.25) is 5.91 Å². The monoisotopic (exact) mass is 482 g/mol. The summed E-state index contributed by atoms with van der Waals surface area (Å²) >= 11 is 0. The van der Waals surface area contributed by atoms with Crippen LogP contribution >= 0.6 is 0 Å². The van der Waals surface area contributed by atoms with E-state index >= 15 is 0 Å². The maximum absolute atomic E-state index is 13.0. The molecule has 0 spiro atoms. The van der Waals surface area contributed by atoms with Gasteiger partial charge < -0.3 is 15.5 Å². The number of hydrogen-bond acceptors (Lipinski definition) is 5. The van der Waals surface area contributed by atoms with Crippen molar-refractivity contribution in [1.82, 2.24) is 4.90 Å². The lowest BCUT2D eigenvalue weighted by molar-refractivity contribution is -0.384. The maximum Gasteiger partial charge on any atom is 0.270 e. The fourth-order valence-corrected chi connectivity index (χ4v) is 4.71. The molecule has 1 fully saturated rings. The van der Waals surface area contributed by atoms with E-state index in [4.69, 9.17) is 0 Å². The second-order valence-electron chi connectivity index (χ2n) is 8.97. The molecule has 0 atom stereocenters. The molecule has 0 unspecified atom stereocenters. The number of amides is 2. The zero-order chi connectivity index (χ0) is 25.1. The lowest BCUT2D eigenvalue weighted by Gasteiger charge is -2.16. The Kier molecular flexibility index (Phi) is 6.49. The van der Waals surface area contributed by atoms with Crippen molar-refractivity contribution in [2.24, 2.45) is 0 Å². The van der Waals surface area contributed by atoms with Crippen molar-refractivity contribution in [1.29, 1.82) is 0 Å². The van der Waals surface area contributed by atoms with E-state index in [1.165, 1.54) is 17.7 Å². The van der Waals surface area contributed by atoms with Gasteiger partial charge in [0.25, 0.3) is 11.6 Å². The van der Waals surface area contributed by atoms with Crippen molar-refractivity contribution in [3.05, 3.63) is 99.6 Å². The molecule has 0 saturated carbocycles. The molecule has 5 rings (SSSR count). The smallest absolute Gasteiger partial charge is 0.270 e. The van der Waals surface area contributed by atoms with Crippen LogP contribution in [0.15, 0.2) is 72.8 Å². The van der Waals surface area contributed by atoms with Crippen molar-refractivity contribution in [2.45, 2.75) is 25.7 Å². The molecule has 2 amide bonds. The molecule has 0 bridgehead atoms. The number of nitro benzene ring substituents is 1. The first-order chi connectivity index (χ1) is 17.5. The highest BCUT2D eigenvalue weighted by Gasteiger charge is 2.30. The molecule has 8 heteroatoms. The van der Waals surface area contributed by atoms with Crippen LogP contribution in [0.1, 0.15) is 36.0 Å². The van der Waals surface area contributed by atoms with Crippen LogP contribution in [0.3, 0.4) is 0 Å². The highest BCUT2D eigenvalue weighted by atomic mass is 16.6. The molecule has 0 aromatic heterocycles. The number of nitrogens with one attached hydrogen (secondary N) is 2. The van der Waals surface area contributed by atoms with Crippen molar-refractivity contribution in [3.8, 4) is 0 Å². The quantitative estimate of drug-likeness (QED) is 0.265. The average molecular weight is 483 g/mol. The van der Waals surface area contributed by atoms with E-state index in [1.807, 2.05) is 59.5 Å². The molecule has 0 aliphatic carbocycles. The first-order valence-corrected chi connectivity index (χ1v) is 12.0. The minimum absolute atomic E-state index is 0.0739. The molecule has 8 nitrogen and oxygen atoms in total. The normalized spacial score (nSPS) is 16.1. The van der Waals surface area contributed by atoms with Crippen LogP contribution in [0.5, 0.6) is 0 Å². The molecular weight excluding hydrogens is 456 g/mol. The average Bonchev–Trinajstić information content (AvgIpc) is 3.45. The number of carbonyl (C=O) groups is 2. The van der Waals surface area contributed by atoms with Gasteiger partial charge in [0, 0.05) is 48.6 Å². The first kappa shape index (κ1) is 23.3. The molecular formula is C28H26N4O4. The maximum atomic E-state index is 13.0. The number of aryl methyl sites for hydroxylation is 1. The summed E-state index contributed by atoms with van der Waals surface area (Å²) in [5.41, 5.74) is 4.66. The van der Waals surface area contributed by atoms with Gasteiger partial charge in [-0.3, -0.25) is 19.7 Å². The number of hydrogen-bond donors (Lipinski definition) is 2. The molecule has 3 aromatic carbocycles. The summed E-state index contributed by atoms with van der Waals surface area (Å²) in [7, 11) is 0. The molecule has 2 aliphatic rings. The topological polar surface area (TPSA) is 105 Å². The summed E-state index contributed by atoms with van der Waals surface area (Å²) < 4.78 is 0.